The molecule has 0 aliphatic heterocycles. The molecule has 0 bridgehead atoms. The number of nitrogens with zero attached hydrogens (tertiary/aromatic N) is 1. The summed E-state index contributed by atoms with van der Waals surface area (Å²) in [6, 6.07) is 21.6. The molecule has 1 amide bonds. The van der Waals surface area contributed by atoms with Crippen molar-refractivity contribution in [1.29, 1.82) is 0 Å². The van der Waals surface area contributed by atoms with Crippen LogP contribution in [0.5, 0.6) is 0 Å². The molecular weight excluding hydrogens is 488 g/mol. The minimum atomic E-state index is -3.93. The van der Waals surface area contributed by atoms with Crippen LogP contribution in [0.25, 0.3) is 0 Å². The van der Waals surface area contributed by atoms with Crippen LogP contribution in [0.2, 0.25) is 0 Å². The fourth-order valence-corrected chi connectivity index (χ4v) is 5.86. The number of amides is 1. The van der Waals surface area contributed by atoms with Gasteiger partial charge >= 0.3 is 0 Å². The maximum Gasteiger partial charge on any atom is 0.264 e. The molecule has 0 saturated heterocycles. The van der Waals surface area contributed by atoms with Crippen LogP contribution in [0.3, 0.4) is 0 Å². The molecule has 0 unspecified atom stereocenters. The number of aryl methyl sites for hydroxylation is 2. The molecule has 5 nitrogen and oxygen atoms in total. The van der Waals surface area contributed by atoms with Crippen LogP contribution in [0.1, 0.15) is 35.6 Å². The van der Waals surface area contributed by atoms with E-state index in [-0.39, 0.29) is 23.4 Å². The van der Waals surface area contributed by atoms with Gasteiger partial charge in [0.2, 0.25) is 5.91 Å². The number of benzene rings is 3. The van der Waals surface area contributed by atoms with E-state index in [0.29, 0.717) is 5.69 Å². The van der Waals surface area contributed by atoms with Gasteiger partial charge in [-0.3, -0.25) is 9.10 Å². The first kappa shape index (κ1) is 22.6. The van der Waals surface area contributed by atoms with Crippen LogP contribution < -0.4 is 9.62 Å². The minimum absolute atomic E-state index is 0.112. The van der Waals surface area contributed by atoms with Crippen molar-refractivity contribution in [2.45, 2.75) is 37.1 Å². The van der Waals surface area contributed by atoms with E-state index >= 15 is 0 Å². The van der Waals surface area contributed by atoms with E-state index < -0.39 is 10.0 Å². The molecule has 1 aliphatic rings. The molecule has 7 heteroatoms. The first-order valence-electron chi connectivity index (χ1n) is 10.6. The summed E-state index contributed by atoms with van der Waals surface area (Å²) in [7, 11) is -3.93. The first-order chi connectivity index (χ1) is 15.3. The predicted octanol–water partition coefficient (Wildman–Crippen LogP) is 5.15. The predicted molar refractivity (Wildman–Crippen MR) is 130 cm³/mol. The van der Waals surface area contributed by atoms with Crippen molar-refractivity contribution in [2.75, 3.05) is 10.8 Å². The summed E-state index contributed by atoms with van der Waals surface area (Å²) >= 11 is 3.40. The smallest absolute Gasteiger partial charge is 0.264 e. The second-order valence-corrected chi connectivity index (χ2v) is 10.8. The number of carbonyl (C=O) groups is 1. The molecule has 32 heavy (non-hydrogen) atoms. The maximum atomic E-state index is 13.5. The number of hydrogen-bond donors (Lipinski definition) is 1. The number of rotatable bonds is 6. The molecule has 3 aromatic carbocycles. The lowest BCUT2D eigenvalue weighted by atomic mass is 9.88. The molecule has 0 heterocycles. The van der Waals surface area contributed by atoms with E-state index in [2.05, 4.69) is 27.3 Å². The van der Waals surface area contributed by atoms with Gasteiger partial charge < -0.3 is 5.32 Å². The molecule has 1 aliphatic carbocycles. The number of halogens is 1. The average Bonchev–Trinajstić information content (AvgIpc) is 2.78. The zero-order valence-corrected chi connectivity index (χ0v) is 20.2. The minimum Gasteiger partial charge on any atom is -0.348 e. The molecular formula is C25H25BrN2O3S. The molecule has 166 valence electrons. The van der Waals surface area contributed by atoms with Crippen LogP contribution in [0.4, 0.5) is 5.69 Å². The van der Waals surface area contributed by atoms with E-state index in [4.69, 9.17) is 0 Å². The van der Waals surface area contributed by atoms with Crippen LogP contribution >= 0.6 is 15.9 Å². The molecule has 1 atom stereocenters. The molecule has 0 fully saturated rings. The summed E-state index contributed by atoms with van der Waals surface area (Å²) < 4.78 is 28.9. The SMILES string of the molecule is Cc1ccc(S(=O)(=O)N(CC(=O)N[C@@H]2CCCc3ccccc32)c2cccc(Br)c2)cc1. The van der Waals surface area contributed by atoms with Crippen molar-refractivity contribution in [2.24, 2.45) is 0 Å². The standard InChI is InChI=1S/C25H25BrN2O3S/c1-18-12-14-22(15-13-18)32(30,31)28(21-9-5-8-20(26)16-21)17-25(29)27-24-11-4-7-19-6-2-3-10-23(19)24/h2-3,5-6,8-10,12-16,24H,4,7,11,17H2,1H3,(H,27,29)/t24-/m1/s1. The van der Waals surface area contributed by atoms with Crippen molar-refractivity contribution in [3.63, 3.8) is 0 Å². The number of anilines is 1. The Morgan fingerprint density at radius 2 is 1.81 bits per heavy atom. The van der Waals surface area contributed by atoms with Crippen LogP contribution in [0.15, 0.2) is 82.2 Å². The Balaban J connectivity index is 1.63. The van der Waals surface area contributed by atoms with E-state index in [1.165, 1.54) is 9.87 Å². The average molecular weight is 513 g/mol. The third-order valence-corrected chi connectivity index (χ3v) is 7.98. The van der Waals surface area contributed by atoms with Gasteiger partial charge in [-0.25, -0.2) is 8.42 Å². The zero-order chi connectivity index (χ0) is 22.7. The van der Waals surface area contributed by atoms with E-state index in [1.807, 2.05) is 31.2 Å². The fraction of sp³-hybridized carbons (Fsp3) is 0.240. The third-order valence-electron chi connectivity index (χ3n) is 5.70. The highest BCUT2D eigenvalue weighted by Gasteiger charge is 2.29. The van der Waals surface area contributed by atoms with Gasteiger partial charge in [0.1, 0.15) is 6.54 Å². The van der Waals surface area contributed by atoms with Gasteiger partial charge in [0.15, 0.2) is 0 Å². The number of carbonyl (C=O) groups excluding carboxylic acids is 1. The Labute approximate surface area is 197 Å². The molecule has 1 N–H and O–H groups in total. The Bertz CT molecular complexity index is 1230. The van der Waals surface area contributed by atoms with Gasteiger partial charge in [0, 0.05) is 4.47 Å². The topological polar surface area (TPSA) is 66.5 Å². The normalized spacial score (nSPS) is 15.6. The first-order valence-corrected chi connectivity index (χ1v) is 12.8. The van der Waals surface area contributed by atoms with Gasteiger partial charge in [-0.1, -0.05) is 64.0 Å². The quantitative estimate of drug-likeness (QED) is 0.496. The largest absolute Gasteiger partial charge is 0.348 e. The molecule has 0 spiro atoms. The second-order valence-electron chi connectivity index (χ2n) is 8.02. The molecule has 4 rings (SSSR count). The summed E-state index contributed by atoms with van der Waals surface area (Å²) in [5.41, 5.74) is 3.74. The summed E-state index contributed by atoms with van der Waals surface area (Å²) in [6.07, 6.45) is 2.82. The lowest BCUT2D eigenvalue weighted by Crippen LogP contribution is -2.42. The van der Waals surface area contributed by atoms with E-state index in [9.17, 15) is 13.2 Å². The Hall–Kier alpha value is -2.64. The maximum absolute atomic E-state index is 13.5. The summed E-state index contributed by atoms with van der Waals surface area (Å²) in [5, 5.41) is 3.07. The Morgan fingerprint density at radius 3 is 2.56 bits per heavy atom. The number of nitrogens with one attached hydrogen (secondary N) is 1. The van der Waals surface area contributed by atoms with Crippen LogP contribution in [0, 0.1) is 6.92 Å². The Morgan fingerprint density at radius 1 is 1.06 bits per heavy atom. The zero-order valence-electron chi connectivity index (χ0n) is 17.8. The monoisotopic (exact) mass is 512 g/mol. The van der Waals surface area contributed by atoms with Crippen LogP contribution in [-0.4, -0.2) is 20.9 Å². The van der Waals surface area contributed by atoms with Gasteiger partial charge in [0.05, 0.1) is 16.6 Å². The molecule has 3 aromatic rings. The van der Waals surface area contributed by atoms with Crippen molar-refractivity contribution < 1.29 is 13.2 Å². The van der Waals surface area contributed by atoms with Gasteiger partial charge in [-0.15, -0.1) is 0 Å². The van der Waals surface area contributed by atoms with Crippen molar-refractivity contribution >= 4 is 37.5 Å². The third kappa shape index (κ3) is 4.89. The van der Waals surface area contributed by atoms with Crippen LogP contribution in [-0.2, 0) is 21.2 Å². The number of hydrogen-bond acceptors (Lipinski definition) is 3. The number of sulfonamides is 1. The molecule has 0 aromatic heterocycles. The summed E-state index contributed by atoms with van der Waals surface area (Å²) in [4.78, 5) is 13.2. The lowest BCUT2D eigenvalue weighted by Gasteiger charge is -2.29. The van der Waals surface area contributed by atoms with Gasteiger partial charge in [-0.2, -0.15) is 0 Å². The summed E-state index contributed by atoms with van der Waals surface area (Å²) in [5.74, 6) is -0.331. The van der Waals surface area contributed by atoms with Gasteiger partial charge in [0.25, 0.3) is 10.0 Å². The molecule has 0 saturated carbocycles. The van der Waals surface area contributed by atoms with E-state index in [1.54, 1.807) is 42.5 Å². The Kier molecular flexibility index (Phi) is 6.67. The van der Waals surface area contributed by atoms with Crippen molar-refractivity contribution in [1.82, 2.24) is 5.32 Å². The highest BCUT2D eigenvalue weighted by Crippen LogP contribution is 2.30. The van der Waals surface area contributed by atoms with E-state index in [0.717, 1.165) is 34.9 Å². The lowest BCUT2D eigenvalue weighted by molar-refractivity contribution is -0.120. The van der Waals surface area contributed by atoms with Gasteiger partial charge in [-0.05, 0) is 67.6 Å². The highest BCUT2D eigenvalue weighted by molar-refractivity contribution is 9.10. The second kappa shape index (κ2) is 9.46. The van der Waals surface area contributed by atoms with Crippen molar-refractivity contribution in [3.8, 4) is 0 Å². The highest BCUT2D eigenvalue weighted by atomic mass is 79.9. The fourth-order valence-electron chi connectivity index (χ4n) is 4.06. The summed E-state index contributed by atoms with van der Waals surface area (Å²) in [6.45, 7) is 1.60. The number of fused-ring (bicyclic) bond motifs is 1. The molecule has 0 radical (unpaired) electrons. The van der Waals surface area contributed by atoms with Crippen molar-refractivity contribution in [3.05, 3.63) is 94.0 Å².